The highest BCUT2D eigenvalue weighted by molar-refractivity contribution is 6.34. The van der Waals surface area contributed by atoms with Gasteiger partial charge in [0, 0.05) is 18.0 Å². The van der Waals surface area contributed by atoms with Crippen LogP contribution in [-0.2, 0) is 35.3 Å². The topological polar surface area (TPSA) is 143 Å². The van der Waals surface area contributed by atoms with Crippen molar-refractivity contribution in [1.82, 2.24) is 15.5 Å². The molecule has 12 heteroatoms. The van der Waals surface area contributed by atoms with E-state index >= 15 is 0 Å². The average Bonchev–Trinajstić information content (AvgIpc) is 3.59. The standard InChI is InChI=1S/C30H35ClN4O7/c1-17(2)26(37)33-22-12-11-20(14-21(22)31)27(38)32-18(3)29(40)35-13-7-10-24(35)28(39)34-23-15-25(36)42-30(23)41-16-19-8-5-4-6-9-19/h4-6,8-9,11-12,14,17-18,23-24,30H,7,10,13,15-16H2,1-3H3,(H,32,38)(H,33,37)(H,34,39)/t18-,23?,24-,30?/m0/s1. The molecule has 0 radical (unpaired) electrons. The first-order valence-corrected chi connectivity index (χ1v) is 14.3. The maximum Gasteiger partial charge on any atom is 0.310 e. The van der Waals surface area contributed by atoms with Gasteiger partial charge in [-0.1, -0.05) is 55.8 Å². The Labute approximate surface area is 249 Å². The zero-order valence-electron chi connectivity index (χ0n) is 23.7. The van der Waals surface area contributed by atoms with Crippen LogP contribution >= 0.6 is 11.6 Å². The summed E-state index contributed by atoms with van der Waals surface area (Å²) in [7, 11) is 0. The van der Waals surface area contributed by atoms with Gasteiger partial charge in [-0.15, -0.1) is 0 Å². The lowest BCUT2D eigenvalue weighted by Gasteiger charge is -2.28. The maximum atomic E-state index is 13.3. The van der Waals surface area contributed by atoms with Gasteiger partial charge in [0.1, 0.15) is 18.1 Å². The SMILES string of the molecule is CC(C)C(=O)Nc1ccc(C(=O)N[C@@H](C)C(=O)N2CCC[C@H]2C(=O)NC2CC(=O)OC2OCc2ccccc2)cc1Cl. The highest BCUT2D eigenvalue weighted by atomic mass is 35.5. The Balaban J connectivity index is 1.33. The molecule has 0 aromatic heterocycles. The highest BCUT2D eigenvalue weighted by Gasteiger charge is 2.41. The van der Waals surface area contributed by atoms with E-state index < -0.39 is 48.1 Å². The van der Waals surface area contributed by atoms with E-state index in [4.69, 9.17) is 21.1 Å². The predicted molar refractivity (Wildman–Crippen MR) is 154 cm³/mol. The first-order chi connectivity index (χ1) is 20.0. The van der Waals surface area contributed by atoms with Crippen molar-refractivity contribution in [2.45, 2.75) is 71.1 Å². The number of rotatable bonds is 10. The zero-order chi connectivity index (χ0) is 30.4. The lowest BCUT2D eigenvalue weighted by molar-refractivity contribution is -0.168. The minimum atomic E-state index is -0.942. The molecule has 2 fully saturated rings. The fourth-order valence-corrected chi connectivity index (χ4v) is 4.99. The van der Waals surface area contributed by atoms with Crippen molar-refractivity contribution in [3.05, 3.63) is 64.7 Å². The smallest absolute Gasteiger partial charge is 0.310 e. The number of cyclic esters (lactones) is 1. The van der Waals surface area contributed by atoms with Crippen LogP contribution < -0.4 is 16.0 Å². The van der Waals surface area contributed by atoms with Crippen LogP contribution in [0.15, 0.2) is 48.5 Å². The van der Waals surface area contributed by atoms with Crippen molar-refractivity contribution >= 4 is 46.9 Å². The lowest BCUT2D eigenvalue weighted by Crippen LogP contribution is -2.54. The summed E-state index contributed by atoms with van der Waals surface area (Å²) in [5.74, 6) is -2.29. The summed E-state index contributed by atoms with van der Waals surface area (Å²) in [5, 5.41) is 8.37. The number of carbonyl (C=O) groups is 5. The summed E-state index contributed by atoms with van der Waals surface area (Å²) in [6, 6.07) is 11.4. The van der Waals surface area contributed by atoms with Gasteiger partial charge in [0.25, 0.3) is 5.91 Å². The third-order valence-electron chi connectivity index (χ3n) is 7.12. The summed E-state index contributed by atoms with van der Waals surface area (Å²) >= 11 is 6.27. The van der Waals surface area contributed by atoms with Crippen molar-refractivity contribution in [2.24, 2.45) is 5.92 Å². The largest absolute Gasteiger partial charge is 0.433 e. The van der Waals surface area contributed by atoms with E-state index in [1.165, 1.54) is 23.1 Å². The molecule has 224 valence electrons. The Hall–Kier alpha value is -3.96. The van der Waals surface area contributed by atoms with Crippen LogP contribution in [0.1, 0.15) is 56.0 Å². The van der Waals surface area contributed by atoms with E-state index in [0.29, 0.717) is 25.1 Å². The van der Waals surface area contributed by atoms with Crippen molar-refractivity contribution in [1.29, 1.82) is 0 Å². The normalized spacial score (nSPS) is 20.6. The molecule has 0 saturated carbocycles. The van der Waals surface area contributed by atoms with Gasteiger partial charge in [0.15, 0.2) is 0 Å². The van der Waals surface area contributed by atoms with Gasteiger partial charge in [-0.2, -0.15) is 0 Å². The molecule has 42 heavy (non-hydrogen) atoms. The van der Waals surface area contributed by atoms with E-state index in [0.717, 1.165) is 5.56 Å². The van der Waals surface area contributed by atoms with Crippen LogP contribution in [0.3, 0.4) is 0 Å². The van der Waals surface area contributed by atoms with Crippen LogP contribution in [-0.4, -0.2) is 65.5 Å². The third-order valence-corrected chi connectivity index (χ3v) is 7.43. The molecular formula is C30H35ClN4O7. The van der Waals surface area contributed by atoms with Gasteiger partial charge in [0.05, 0.1) is 23.7 Å². The third kappa shape index (κ3) is 7.65. The number of nitrogens with zero attached hydrogens (tertiary/aromatic N) is 1. The zero-order valence-corrected chi connectivity index (χ0v) is 24.5. The maximum absolute atomic E-state index is 13.3. The number of esters is 1. The van der Waals surface area contributed by atoms with Gasteiger partial charge < -0.3 is 30.3 Å². The summed E-state index contributed by atoms with van der Waals surface area (Å²) < 4.78 is 11.0. The number of benzene rings is 2. The molecule has 2 aromatic carbocycles. The Morgan fingerprint density at radius 1 is 1.10 bits per heavy atom. The van der Waals surface area contributed by atoms with Crippen molar-refractivity contribution in [2.75, 3.05) is 11.9 Å². The highest BCUT2D eigenvalue weighted by Crippen LogP contribution is 2.25. The number of halogens is 1. The minimum absolute atomic E-state index is 0.0409. The van der Waals surface area contributed by atoms with E-state index in [1.807, 2.05) is 30.3 Å². The summed E-state index contributed by atoms with van der Waals surface area (Å²) in [6.45, 7) is 5.60. The molecule has 2 unspecified atom stereocenters. The van der Waals surface area contributed by atoms with Gasteiger partial charge in [0.2, 0.25) is 24.0 Å². The van der Waals surface area contributed by atoms with E-state index in [-0.39, 0.29) is 35.4 Å². The second kappa shape index (κ2) is 13.8. The molecule has 4 atom stereocenters. The molecule has 0 aliphatic carbocycles. The Morgan fingerprint density at radius 3 is 2.52 bits per heavy atom. The number of hydrogen-bond donors (Lipinski definition) is 3. The quantitative estimate of drug-likeness (QED) is 0.357. The van der Waals surface area contributed by atoms with Crippen molar-refractivity contribution in [3.63, 3.8) is 0 Å². The van der Waals surface area contributed by atoms with Crippen molar-refractivity contribution < 1.29 is 33.4 Å². The van der Waals surface area contributed by atoms with E-state index in [2.05, 4.69) is 16.0 Å². The first-order valence-electron chi connectivity index (χ1n) is 13.9. The van der Waals surface area contributed by atoms with Gasteiger partial charge in [-0.05, 0) is 43.5 Å². The summed E-state index contributed by atoms with van der Waals surface area (Å²) in [6.07, 6.45) is 0.0646. The van der Waals surface area contributed by atoms with Crippen LogP contribution in [0.25, 0.3) is 0 Å². The fraction of sp³-hybridized carbons (Fsp3) is 0.433. The van der Waals surface area contributed by atoms with Crippen LogP contribution in [0.5, 0.6) is 0 Å². The van der Waals surface area contributed by atoms with E-state index in [9.17, 15) is 24.0 Å². The minimum Gasteiger partial charge on any atom is -0.433 e. The molecule has 2 heterocycles. The molecule has 0 bridgehead atoms. The molecule has 0 spiro atoms. The van der Waals surface area contributed by atoms with E-state index in [1.54, 1.807) is 20.8 Å². The Morgan fingerprint density at radius 2 is 1.83 bits per heavy atom. The second-order valence-electron chi connectivity index (χ2n) is 10.7. The molecule has 2 saturated heterocycles. The number of hydrogen-bond acceptors (Lipinski definition) is 7. The number of ether oxygens (including phenoxy) is 2. The van der Waals surface area contributed by atoms with Gasteiger partial charge in [-0.3, -0.25) is 24.0 Å². The van der Waals surface area contributed by atoms with Crippen LogP contribution in [0.2, 0.25) is 5.02 Å². The molecule has 11 nitrogen and oxygen atoms in total. The fourth-order valence-electron chi connectivity index (χ4n) is 4.76. The molecule has 2 aromatic rings. The number of amides is 4. The Bertz CT molecular complexity index is 1340. The monoisotopic (exact) mass is 598 g/mol. The van der Waals surface area contributed by atoms with Crippen LogP contribution in [0.4, 0.5) is 5.69 Å². The number of carbonyl (C=O) groups excluding carboxylic acids is 5. The van der Waals surface area contributed by atoms with Crippen LogP contribution in [0, 0.1) is 5.92 Å². The molecular weight excluding hydrogens is 564 g/mol. The predicted octanol–water partition coefficient (Wildman–Crippen LogP) is 3.02. The number of likely N-dealkylation sites (tertiary alicyclic amines) is 1. The van der Waals surface area contributed by atoms with Gasteiger partial charge in [-0.25, -0.2) is 0 Å². The Kier molecular flexibility index (Phi) is 10.2. The summed E-state index contributed by atoms with van der Waals surface area (Å²) in [4.78, 5) is 64.8. The first kappa shape index (κ1) is 31.0. The molecule has 4 rings (SSSR count). The second-order valence-corrected chi connectivity index (χ2v) is 11.1. The lowest BCUT2D eigenvalue weighted by atomic mass is 10.1. The molecule has 2 aliphatic heterocycles. The molecule has 3 N–H and O–H groups in total. The average molecular weight is 599 g/mol. The number of nitrogens with one attached hydrogen (secondary N) is 3. The van der Waals surface area contributed by atoms with Crippen molar-refractivity contribution in [3.8, 4) is 0 Å². The van der Waals surface area contributed by atoms with Gasteiger partial charge >= 0.3 is 5.97 Å². The number of anilines is 1. The molecule has 4 amide bonds. The molecule has 2 aliphatic rings. The summed E-state index contributed by atoms with van der Waals surface area (Å²) in [5.41, 5.74) is 1.49.